The van der Waals surface area contributed by atoms with E-state index < -0.39 is 0 Å². The highest BCUT2D eigenvalue weighted by Crippen LogP contribution is 2.32. The number of ether oxygens (including phenoxy) is 2. The molecular formula is C22H22N2O3S. The summed E-state index contributed by atoms with van der Waals surface area (Å²) in [5, 5.41) is 3.41. The lowest BCUT2D eigenvalue weighted by Crippen LogP contribution is -2.07. The Morgan fingerprint density at radius 1 is 1.07 bits per heavy atom. The SMILES string of the molecule is COc1ccc(/C=C/C(=O)Nc2nc(-c3ccc(OC)c(C)c3)c(C)s2)cc1. The van der Waals surface area contributed by atoms with Crippen molar-refractivity contribution in [2.24, 2.45) is 0 Å². The Kier molecular flexibility index (Phi) is 6.11. The van der Waals surface area contributed by atoms with Gasteiger partial charge in [0.15, 0.2) is 5.13 Å². The largest absolute Gasteiger partial charge is 0.497 e. The van der Waals surface area contributed by atoms with Crippen LogP contribution in [0.2, 0.25) is 0 Å². The van der Waals surface area contributed by atoms with Crippen LogP contribution in [0.15, 0.2) is 48.5 Å². The van der Waals surface area contributed by atoms with Gasteiger partial charge in [0, 0.05) is 16.5 Å². The van der Waals surface area contributed by atoms with Gasteiger partial charge < -0.3 is 9.47 Å². The van der Waals surface area contributed by atoms with Crippen molar-refractivity contribution < 1.29 is 14.3 Å². The van der Waals surface area contributed by atoms with Crippen molar-refractivity contribution in [3.8, 4) is 22.8 Å². The molecular weight excluding hydrogens is 372 g/mol. The van der Waals surface area contributed by atoms with E-state index in [0.717, 1.165) is 38.8 Å². The summed E-state index contributed by atoms with van der Waals surface area (Å²) in [6, 6.07) is 13.4. The smallest absolute Gasteiger partial charge is 0.250 e. The third kappa shape index (κ3) is 4.58. The van der Waals surface area contributed by atoms with E-state index in [0.29, 0.717) is 5.13 Å². The molecule has 6 heteroatoms. The number of thiazole rings is 1. The maximum atomic E-state index is 12.2. The van der Waals surface area contributed by atoms with Crippen LogP contribution in [0.1, 0.15) is 16.0 Å². The maximum absolute atomic E-state index is 12.2. The molecule has 0 aliphatic rings. The summed E-state index contributed by atoms with van der Waals surface area (Å²) in [4.78, 5) is 17.9. The predicted molar refractivity (Wildman–Crippen MR) is 114 cm³/mol. The van der Waals surface area contributed by atoms with E-state index in [1.807, 2.05) is 56.3 Å². The zero-order chi connectivity index (χ0) is 20.1. The molecule has 0 aliphatic heterocycles. The van der Waals surface area contributed by atoms with Crippen LogP contribution in [0, 0.1) is 13.8 Å². The first-order valence-corrected chi connectivity index (χ1v) is 9.57. The first-order chi connectivity index (χ1) is 13.5. The fraction of sp³-hybridized carbons (Fsp3) is 0.182. The first-order valence-electron chi connectivity index (χ1n) is 8.75. The molecule has 5 nitrogen and oxygen atoms in total. The van der Waals surface area contributed by atoms with Crippen molar-refractivity contribution in [3.63, 3.8) is 0 Å². The monoisotopic (exact) mass is 394 g/mol. The van der Waals surface area contributed by atoms with E-state index >= 15 is 0 Å². The minimum Gasteiger partial charge on any atom is -0.497 e. The molecule has 28 heavy (non-hydrogen) atoms. The number of nitrogens with one attached hydrogen (secondary N) is 1. The molecule has 3 aromatic rings. The summed E-state index contributed by atoms with van der Waals surface area (Å²) in [7, 11) is 3.28. The highest BCUT2D eigenvalue weighted by atomic mass is 32.1. The number of carbonyl (C=O) groups excluding carboxylic acids is 1. The van der Waals surface area contributed by atoms with Gasteiger partial charge >= 0.3 is 0 Å². The van der Waals surface area contributed by atoms with Gasteiger partial charge in [-0.15, -0.1) is 11.3 Å². The van der Waals surface area contributed by atoms with Crippen LogP contribution in [-0.4, -0.2) is 25.1 Å². The van der Waals surface area contributed by atoms with E-state index in [9.17, 15) is 4.79 Å². The van der Waals surface area contributed by atoms with Crippen molar-refractivity contribution in [2.75, 3.05) is 19.5 Å². The van der Waals surface area contributed by atoms with E-state index in [-0.39, 0.29) is 5.91 Å². The van der Waals surface area contributed by atoms with Gasteiger partial charge in [-0.1, -0.05) is 12.1 Å². The Morgan fingerprint density at radius 3 is 2.46 bits per heavy atom. The molecule has 1 heterocycles. The van der Waals surface area contributed by atoms with E-state index in [1.54, 1.807) is 20.3 Å². The average molecular weight is 394 g/mol. The Bertz CT molecular complexity index is 1010. The number of aryl methyl sites for hydroxylation is 2. The number of aromatic nitrogens is 1. The summed E-state index contributed by atoms with van der Waals surface area (Å²) in [5.41, 5.74) is 3.83. The van der Waals surface area contributed by atoms with Gasteiger partial charge in [-0.2, -0.15) is 0 Å². The van der Waals surface area contributed by atoms with Crippen LogP contribution < -0.4 is 14.8 Å². The van der Waals surface area contributed by atoms with Crippen LogP contribution in [0.4, 0.5) is 5.13 Å². The maximum Gasteiger partial charge on any atom is 0.250 e. The molecule has 1 N–H and O–H groups in total. The number of carbonyl (C=O) groups is 1. The summed E-state index contributed by atoms with van der Waals surface area (Å²) < 4.78 is 10.4. The molecule has 0 fully saturated rings. The number of hydrogen-bond donors (Lipinski definition) is 1. The average Bonchev–Trinajstić information content (AvgIpc) is 3.06. The predicted octanol–water partition coefficient (Wildman–Crippen LogP) is 5.10. The van der Waals surface area contributed by atoms with Crippen molar-refractivity contribution in [3.05, 3.63) is 64.5 Å². The molecule has 0 spiro atoms. The Balaban J connectivity index is 1.71. The van der Waals surface area contributed by atoms with Crippen molar-refractivity contribution in [2.45, 2.75) is 13.8 Å². The van der Waals surface area contributed by atoms with Gasteiger partial charge in [0.25, 0.3) is 0 Å². The lowest BCUT2D eigenvalue weighted by molar-refractivity contribution is -0.111. The Labute approximate surface area is 168 Å². The summed E-state index contributed by atoms with van der Waals surface area (Å²) >= 11 is 1.46. The molecule has 0 saturated carbocycles. The first kappa shape index (κ1) is 19.6. The number of rotatable bonds is 6. The highest BCUT2D eigenvalue weighted by molar-refractivity contribution is 7.16. The third-order valence-electron chi connectivity index (χ3n) is 4.24. The van der Waals surface area contributed by atoms with Crippen molar-refractivity contribution >= 4 is 28.5 Å². The summed E-state index contributed by atoms with van der Waals surface area (Å²) in [6.45, 7) is 3.99. The molecule has 144 valence electrons. The second-order valence-electron chi connectivity index (χ2n) is 6.20. The minimum atomic E-state index is -0.220. The number of amides is 1. The Morgan fingerprint density at radius 2 is 1.82 bits per heavy atom. The lowest BCUT2D eigenvalue weighted by Gasteiger charge is -2.06. The molecule has 2 aromatic carbocycles. The molecule has 0 saturated heterocycles. The third-order valence-corrected chi connectivity index (χ3v) is 5.12. The number of anilines is 1. The topological polar surface area (TPSA) is 60.5 Å². The minimum absolute atomic E-state index is 0.220. The molecule has 0 bridgehead atoms. The molecule has 0 aliphatic carbocycles. The fourth-order valence-corrected chi connectivity index (χ4v) is 3.62. The molecule has 3 rings (SSSR count). The van der Waals surface area contributed by atoms with Crippen LogP contribution in [0.5, 0.6) is 11.5 Å². The van der Waals surface area contributed by atoms with Gasteiger partial charge in [-0.25, -0.2) is 4.98 Å². The number of hydrogen-bond acceptors (Lipinski definition) is 5. The quantitative estimate of drug-likeness (QED) is 0.591. The van der Waals surface area contributed by atoms with Crippen molar-refractivity contribution in [1.29, 1.82) is 0 Å². The standard InChI is InChI=1S/C22H22N2O3S/c1-14-13-17(8-11-19(14)27-4)21-15(2)28-22(24-21)23-20(25)12-7-16-5-9-18(26-3)10-6-16/h5-13H,1-4H3,(H,23,24,25)/b12-7+. The molecule has 1 aromatic heterocycles. The van der Waals surface area contributed by atoms with Crippen LogP contribution in [0.25, 0.3) is 17.3 Å². The molecule has 1 amide bonds. The highest BCUT2D eigenvalue weighted by Gasteiger charge is 2.12. The van der Waals surface area contributed by atoms with Gasteiger partial charge in [0.1, 0.15) is 11.5 Å². The van der Waals surface area contributed by atoms with Crippen LogP contribution >= 0.6 is 11.3 Å². The normalized spacial score (nSPS) is 10.9. The van der Waals surface area contributed by atoms with E-state index in [4.69, 9.17) is 9.47 Å². The molecule has 0 radical (unpaired) electrons. The van der Waals surface area contributed by atoms with Crippen LogP contribution in [0.3, 0.4) is 0 Å². The van der Waals surface area contributed by atoms with Gasteiger partial charge in [-0.05, 0) is 61.4 Å². The second-order valence-corrected chi connectivity index (χ2v) is 7.41. The number of nitrogens with zero attached hydrogens (tertiary/aromatic N) is 1. The summed E-state index contributed by atoms with van der Waals surface area (Å²) in [6.07, 6.45) is 3.25. The van der Waals surface area contributed by atoms with Gasteiger partial charge in [0.2, 0.25) is 5.91 Å². The van der Waals surface area contributed by atoms with Gasteiger partial charge in [0.05, 0.1) is 19.9 Å². The lowest BCUT2D eigenvalue weighted by atomic mass is 10.1. The zero-order valence-corrected chi connectivity index (χ0v) is 17.1. The van der Waals surface area contributed by atoms with Crippen LogP contribution in [-0.2, 0) is 4.79 Å². The van der Waals surface area contributed by atoms with Gasteiger partial charge in [-0.3, -0.25) is 10.1 Å². The summed E-state index contributed by atoms with van der Waals surface area (Å²) in [5.74, 6) is 1.40. The van der Waals surface area contributed by atoms with E-state index in [1.165, 1.54) is 17.4 Å². The van der Waals surface area contributed by atoms with Crippen molar-refractivity contribution in [1.82, 2.24) is 4.98 Å². The van der Waals surface area contributed by atoms with E-state index in [2.05, 4.69) is 10.3 Å². The molecule has 0 unspecified atom stereocenters. The number of benzene rings is 2. The second kappa shape index (κ2) is 8.71. The number of methoxy groups -OCH3 is 2. The fourth-order valence-electron chi connectivity index (χ4n) is 2.78. The zero-order valence-electron chi connectivity index (χ0n) is 16.3. The molecule has 0 atom stereocenters. The Hall–Kier alpha value is -3.12.